The molecule has 0 saturated carbocycles. The number of hydrogen-bond acceptors (Lipinski definition) is 6. The van der Waals surface area contributed by atoms with E-state index in [4.69, 9.17) is 16.3 Å². The van der Waals surface area contributed by atoms with Gasteiger partial charge in [0, 0.05) is 29.7 Å². The number of nitrogens with one attached hydrogen (secondary N) is 1. The number of nitro groups is 1. The van der Waals surface area contributed by atoms with Crippen LogP contribution >= 0.6 is 11.6 Å². The van der Waals surface area contributed by atoms with Gasteiger partial charge in [-0.2, -0.15) is 5.26 Å². The lowest BCUT2D eigenvalue weighted by atomic mass is 10.1. The van der Waals surface area contributed by atoms with Crippen molar-refractivity contribution in [2.24, 2.45) is 0 Å². The van der Waals surface area contributed by atoms with Crippen LogP contribution in [0.25, 0.3) is 6.08 Å². The predicted molar refractivity (Wildman–Crippen MR) is 115 cm³/mol. The maximum Gasteiger partial charge on any atom is 0.349 e. The van der Waals surface area contributed by atoms with Crippen molar-refractivity contribution in [1.82, 2.24) is 4.57 Å². The standard InChI is InChI=1S/C21H21ClN4O5/c1-4-7-25-13(2)8-15(14(25)3)9-16(11-23)21(28)31-12-20(27)24-17-5-6-18(22)19(10-17)26(29)30/h5-6,8-10H,4,7,12H2,1-3H3,(H,24,27). The lowest BCUT2D eigenvalue weighted by molar-refractivity contribution is -0.384. The van der Waals surface area contributed by atoms with Crippen LogP contribution in [0.15, 0.2) is 29.8 Å². The Balaban J connectivity index is 2.05. The zero-order valence-corrected chi connectivity index (χ0v) is 18.0. The van der Waals surface area contributed by atoms with Crippen molar-refractivity contribution in [3.8, 4) is 6.07 Å². The van der Waals surface area contributed by atoms with Crippen molar-refractivity contribution in [1.29, 1.82) is 5.26 Å². The van der Waals surface area contributed by atoms with Gasteiger partial charge < -0.3 is 14.6 Å². The Morgan fingerprint density at radius 3 is 2.68 bits per heavy atom. The van der Waals surface area contributed by atoms with Gasteiger partial charge in [0.05, 0.1) is 4.92 Å². The molecule has 162 valence electrons. The fourth-order valence-electron chi connectivity index (χ4n) is 2.97. The molecule has 0 aliphatic rings. The molecule has 1 aromatic carbocycles. The Morgan fingerprint density at radius 2 is 2.06 bits per heavy atom. The summed E-state index contributed by atoms with van der Waals surface area (Å²) in [5.41, 5.74) is 2.15. The van der Waals surface area contributed by atoms with Crippen LogP contribution in [-0.4, -0.2) is 28.0 Å². The number of nitro benzene ring substituents is 1. The van der Waals surface area contributed by atoms with Crippen molar-refractivity contribution in [3.63, 3.8) is 0 Å². The Kier molecular flexibility index (Phi) is 7.94. The van der Waals surface area contributed by atoms with Crippen LogP contribution in [0.1, 0.15) is 30.3 Å². The van der Waals surface area contributed by atoms with Crippen molar-refractivity contribution in [3.05, 3.63) is 61.9 Å². The summed E-state index contributed by atoms with van der Waals surface area (Å²) in [6, 6.07) is 7.40. The molecule has 0 unspecified atom stereocenters. The quantitative estimate of drug-likeness (QED) is 0.214. The van der Waals surface area contributed by atoms with Gasteiger partial charge in [-0.3, -0.25) is 14.9 Å². The lowest BCUT2D eigenvalue weighted by Gasteiger charge is -2.07. The van der Waals surface area contributed by atoms with Crippen molar-refractivity contribution in [2.45, 2.75) is 33.7 Å². The fourth-order valence-corrected chi connectivity index (χ4v) is 3.16. The van der Waals surface area contributed by atoms with Crippen LogP contribution < -0.4 is 5.32 Å². The number of carbonyl (C=O) groups is 2. The molecule has 0 atom stereocenters. The third kappa shape index (κ3) is 5.93. The molecule has 2 aromatic rings. The highest BCUT2D eigenvalue weighted by Crippen LogP contribution is 2.27. The second-order valence-electron chi connectivity index (χ2n) is 6.70. The van der Waals surface area contributed by atoms with E-state index in [1.807, 2.05) is 19.9 Å². The minimum absolute atomic E-state index is 0.0727. The van der Waals surface area contributed by atoms with E-state index in [-0.39, 0.29) is 22.0 Å². The summed E-state index contributed by atoms with van der Waals surface area (Å²) >= 11 is 5.73. The topological polar surface area (TPSA) is 127 Å². The number of amides is 1. The molecular formula is C21H21ClN4O5. The van der Waals surface area contributed by atoms with Crippen molar-refractivity contribution in [2.75, 3.05) is 11.9 Å². The van der Waals surface area contributed by atoms with E-state index in [0.717, 1.165) is 36.0 Å². The van der Waals surface area contributed by atoms with Crippen LogP contribution in [0.3, 0.4) is 0 Å². The Labute approximate surface area is 184 Å². The van der Waals surface area contributed by atoms with Crippen LogP contribution in [-0.2, 0) is 20.9 Å². The average molecular weight is 445 g/mol. The average Bonchev–Trinajstić information content (AvgIpc) is 2.99. The first-order valence-corrected chi connectivity index (χ1v) is 9.75. The maximum absolute atomic E-state index is 12.2. The maximum atomic E-state index is 12.2. The minimum Gasteiger partial charge on any atom is -0.451 e. The number of nitrogens with zero attached hydrogens (tertiary/aromatic N) is 3. The monoisotopic (exact) mass is 444 g/mol. The molecule has 1 N–H and O–H groups in total. The molecule has 1 amide bonds. The number of aromatic nitrogens is 1. The molecule has 2 rings (SSSR count). The number of anilines is 1. The number of benzene rings is 1. The molecule has 10 heteroatoms. The van der Waals surface area contributed by atoms with Crippen LogP contribution in [0.5, 0.6) is 0 Å². The number of carbonyl (C=O) groups excluding carboxylic acids is 2. The summed E-state index contributed by atoms with van der Waals surface area (Å²) in [5, 5.41) is 22.6. The highest BCUT2D eigenvalue weighted by molar-refractivity contribution is 6.32. The third-order valence-corrected chi connectivity index (χ3v) is 4.78. The zero-order valence-electron chi connectivity index (χ0n) is 17.3. The first-order valence-electron chi connectivity index (χ1n) is 9.37. The van der Waals surface area contributed by atoms with Gasteiger partial charge in [-0.1, -0.05) is 18.5 Å². The summed E-state index contributed by atoms with van der Waals surface area (Å²) in [6.07, 6.45) is 2.37. The van der Waals surface area contributed by atoms with E-state index in [1.165, 1.54) is 18.2 Å². The molecule has 0 radical (unpaired) electrons. The molecule has 0 fully saturated rings. The molecule has 0 aliphatic heterocycles. The van der Waals surface area contributed by atoms with Gasteiger partial charge in [0.2, 0.25) is 0 Å². The SMILES string of the molecule is CCCn1c(C)cc(C=C(C#N)C(=O)OCC(=O)Nc2ccc(Cl)c([N+](=O)[O-])c2)c1C. The Hall–Kier alpha value is -3.64. The van der Waals surface area contributed by atoms with Gasteiger partial charge in [-0.25, -0.2) is 4.79 Å². The molecule has 0 spiro atoms. The van der Waals surface area contributed by atoms with E-state index in [2.05, 4.69) is 16.8 Å². The molecule has 0 saturated heterocycles. The number of hydrogen-bond donors (Lipinski definition) is 1. The highest BCUT2D eigenvalue weighted by Gasteiger charge is 2.17. The van der Waals surface area contributed by atoms with E-state index in [0.29, 0.717) is 0 Å². The van der Waals surface area contributed by atoms with Crippen molar-refractivity contribution < 1.29 is 19.2 Å². The van der Waals surface area contributed by atoms with E-state index < -0.39 is 23.4 Å². The lowest BCUT2D eigenvalue weighted by Crippen LogP contribution is -2.21. The zero-order chi connectivity index (χ0) is 23.1. The Bertz CT molecular complexity index is 1100. The molecule has 1 aromatic heterocycles. The van der Waals surface area contributed by atoms with Gasteiger partial charge in [-0.05, 0) is 50.1 Å². The van der Waals surface area contributed by atoms with Gasteiger partial charge in [0.15, 0.2) is 6.61 Å². The number of ether oxygens (including phenoxy) is 1. The number of esters is 1. The van der Waals surface area contributed by atoms with Crippen LogP contribution in [0.2, 0.25) is 5.02 Å². The van der Waals surface area contributed by atoms with E-state index in [9.17, 15) is 25.0 Å². The third-order valence-electron chi connectivity index (χ3n) is 4.46. The van der Waals surface area contributed by atoms with Crippen LogP contribution in [0.4, 0.5) is 11.4 Å². The smallest absolute Gasteiger partial charge is 0.349 e. The molecule has 0 aliphatic carbocycles. The van der Waals surface area contributed by atoms with Gasteiger partial charge in [-0.15, -0.1) is 0 Å². The van der Waals surface area contributed by atoms with E-state index >= 15 is 0 Å². The number of rotatable bonds is 8. The predicted octanol–water partition coefficient (Wildman–Crippen LogP) is 4.17. The minimum atomic E-state index is -0.944. The molecule has 1 heterocycles. The molecule has 0 bridgehead atoms. The summed E-state index contributed by atoms with van der Waals surface area (Å²) in [5.74, 6) is -1.66. The summed E-state index contributed by atoms with van der Waals surface area (Å²) in [7, 11) is 0. The van der Waals surface area contributed by atoms with Crippen LogP contribution in [0, 0.1) is 35.3 Å². The van der Waals surface area contributed by atoms with Gasteiger partial charge in [0.25, 0.3) is 11.6 Å². The molecule has 31 heavy (non-hydrogen) atoms. The summed E-state index contributed by atoms with van der Waals surface area (Å²) < 4.78 is 7.01. The van der Waals surface area contributed by atoms with Crippen molar-refractivity contribution >= 4 is 40.9 Å². The summed E-state index contributed by atoms with van der Waals surface area (Å²) in [4.78, 5) is 34.5. The largest absolute Gasteiger partial charge is 0.451 e. The first kappa shape index (κ1) is 23.6. The normalized spacial score (nSPS) is 11.0. The van der Waals surface area contributed by atoms with E-state index in [1.54, 1.807) is 6.07 Å². The van der Waals surface area contributed by atoms with Gasteiger partial charge >= 0.3 is 5.97 Å². The van der Waals surface area contributed by atoms with Gasteiger partial charge in [0.1, 0.15) is 16.7 Å². The highest BCUT2D eigenvalue weighted by atomic mass is 35.5. The Morgan fingerprint density at radius 1 is 1.35 bits per heavy atom. The number of halogens is 1. The number of nitriles is 1. The fraction of sp³-hybridized carbons (Fsp3) is 0.286. The number of aryl methyl sites for hydroxylation is 1. The summed E-state index contributed by atoms with van der Waals surface area (Å²) in [6.45, 7) is 6.05. The second-order valence-corrected chi connectivity index (χ2v) is 7.10. The molecule has 9 nitrogen and oxygen atoms in total. The first-order chi connectivity index (χ1) is 14.7. The second kappa shape index (κ2) is 10.4. The molecular weight excluding hydrogens is 424 g/mol.